The topological polar surface area (TPSA) is 75.7 Å². The third-order valence-electron chi connectivity index (χ3n) is 5.36. The molecule has 0 aliphatic carbocycles. The lowest BCUT2D eigenvalue weighted by molar-refractivity contribution is 0.0300. The highest BCUT2D eigenvalue weighted by Gasteiger charge is 2.24. The van der Waals surface area contributed by atoms with E-state index < -0.39 is 10.0 Å². The zero-order valence-electron chi connectivity index (χ0n) is 18.8. The van der Waals surface area contributed by atoms with Gasteiger partial charge in [-0.05, 0) is 54.3 Å². The Hall–Kier alpha value is -2.46. The van der Waals surface area contributed by atoms with Crippen LogP contribution in [0.25, 0.3) is 0 Å². The number of carbonyl (C=O) groups excluding carboxylic acids is 1. The predicted molar refractivity (Wildman–Crippen MR) is 138 cm³/mol. The van der Waals surface area contributed by atoms with E-state index in [0.29, 0.717) is 37.6 Å². The summed E-state index contributed by atoms with van der Waals surface area (Å²) < 4.78 is 34.1. The summed E-state index contributed by atoms with van der Waals surface area (Å²) in [5.41, 5.74) is 1.97. The molecule has 0 saturated carbocycles. The van der Waals surface area contributed by atoms with Gasteiger partial charge in [0.1, 0.15) is 0 Å². The van der Waals surface area contributed by atoms with Crippen LogP contribution in [0, 0.1) is 0 Å². The highest BCUT2D eigenvalue weighted by molar-refractivity contribution is 7.98. The number of amides is 1. The molecule has 4 rings (SSSR count). The number of rotatable bonds is 8. The van der Waals surface area contributed by atoms with Gasteiger partial charge in [-0.2, -0.15) is 0 Å². The maximum Gasteiger partial charge on any atom is 0.261 e. The number of benzene rings is 3. The second kappa shape index (κ2) is 11.3. The molecule has 0 bridgehead atoms. The zero-order valence-corrected chi connectivity index (χ0v) is 21.2. The molecule has 0 radical (unpaired) electrons. The second-order valence-corrected chi connectivity index (χ2v) is 11.3. The molecule has 1 aliphatic rings. The summed E-state index contributed by atoms with van der Waals surface area (Å²) in [7, 11) is -3.85. The largest absolute Gasteiger partial charge is 0.378 e. The Balaban J connectivity index is 1.47. The molecule has 1 fully saturated rings. The van der Waals surface area contributed by atoms with Gasteiger partial charge in [-0.25, -0.2) is 8.42 Å². The van der Waals surface area contributed by atoms with E-state index in [2.05, 4.69) is 16.9 Å². The van der Waals surface area contributed by atoms with Crippen LogP contribution in [-0.2, 0) is 20.5 Å². The van der Waals surface area contributed by atoms with Gasteiger partial charge >= 0.3 is 0 Å². The molecule has 178 valence electrons. The third-order valence-corrected chi connectivity index (χ3v) is 8.62. The van der Waals surface area contributed by atoms with Crippen molar-refractivity contribution in [2.24, 2.45) is 0 Å². The lowest BCUT2D eigenvalue weighted by Gasteiger charge is -2.27. The van der Waals surface area contributed by atoms with E-state index in [1.165, 1.54) is 28.8 Å². The van der Waals surface area contributed by atoms with Gasteiger partial charge < -0.3 is 9.64 Å². The smallest absolute Gasteiger partial charge is 0.261 e. The van der Waals surface area contributed by atoms with Gasteiger partial charge in [0.15, 0.2) is 0 Å². The summed E-state index contributed by atoms with van der Waals surface area (Å²) in [4.78, 5) is 16.8. The van der Waals surface area contributed by atoms with Crippen LogP contribution < -0.4 is 4.72 Å². The first-order valence-electron chi connectivity index (χ1n) is 10.8. The van der Waals surface area contributed by atoms with Crippen molar-refractivity contribution in [1.29, 1.82) is 0 Å². The number of hydrogen-bond donors (Lipinski definition) is 1. The second-order valence-electron chi connectivity index (χ2n) is 7.67. The average molecular weight is 515 g/mol. The van der Waals surface area contributed by atoms with Gasteiger partial charge in [0.25, 0.3) is 15.9 Å². The Morgan fingerprint density at radius 1 is 1.00 bits per heavy atom. The zero-order chi connectivity index (χ0) is 24.0. The van der Waals surface area contributed by atoms with Gasteiger partial charge in [-0.3, -0.25) is 9.52 Å². The SMILES string of the molecule is CSc1ccc(S(=O)(=O)Nc2ccc(CSc3ccccc3)cc2)cc1C(=O)N1CCOCC1. The van der Waals surface area contributed by atoms with Crippen molar-refractivity contribution in [2.45, 2.75) is 20.4 Å². The van der Waals surface area contributed by atoms with Gasteiger partial charge in [-0.1, -0.05) is 30.3 Å². The molecular formula is C25H26N2O4S3. The van der Waals surface area contributed by atoms with Crippen LogP contribution in [0.15, 0.2) is 87.5 Å². The van der Waals surface area contributed by atoms with Gasteiger partial charge in [-0.15, -0.1) is 23.5 Å². The Bertz CT molecular complexity index is 1230. The van der Waals surface area contributed by atoms with Crippen molar-refractivity contribution < 1.29 is 17.9 Å². The van der Waals surface area contributed by atoms with Crippen LogP contribution in [0.1, 0.15) is 15.9 Å². The lowest BCUT2D eigenvalue weighted by Crippen LogP contribution is -2.40. The number of nitrogens with one attached hydrogen (secondary N) is 1. The van der Waals surface area contributed by atoms with Crippen molar-refractivity contribution in [3.63, 3.8) is 0 Å². The van der Waals surface area contributed by atoms with E-state index in [1.807, 2.05) is 36.6 Å². The number of carbonyl (C=O) groups is 1. The molecule has 0 atom stereocenters. The summed E-state index contributed by atoms with van der Waals surface area (Å²) in [5, 5.41) is 0. The highest BCUT2D eigenvalue weighted by atomic mass is 32.2. The van der Waals surface area contributed by atoms with E-state index in [9.17, 15) is 13.2 Å². The fraction of sp³-hybridized carbons (Fsp3) is 0.240. The molecule has 0 spiro atoms. The molecule has 3 aromatic carbocycles. The third kappa shape index (κ3) is 6.15. The van der Waals surface area contributed by atoms with E-state index in [4.69, 9.17) is 4.74 Å². The van der Waals surface area contributed by atoms with Gasteiger partial charge in [0, 0.05) is 34.3 Å². The molecule has 1 N–H and O–H groups in total. The molecule has 1 aliphatic heterocycles. The standard InChI is InChI=1S/C25H26N2O4S3/c1-32-24-12-11-22(17-23(24)25(28)27-13-15-31-16-14-27)34(29,30)26-20-9-7-19(8-10-20)18-33-21-5-3-2-4-6-21/h2-12,17,26H,13-16,18H2,1H3. The minimum absolute atomic E-state index is 0.0608. The number of anilines is 1. The lowest BCUT2D eigenvalue weighted by atomic mass is 10.2. The fourth-order valence-electron chi connectivity index (χ4n) is 3.52. The van der Waals surface area contributed by atoms with E-state index in [-0.39, 0.29) is 10.8 Å². The summed E-state index contributed by atoms with van der Waals surface area (Å²) in [6.45, 7) is 1.97. The van der Waals surface area contributed by atoms with E-state index in [0.717, 1.165) is 16.2 Å². The van der Waals surface area contributed by atoms with Gasteiger partial charge in [0.2, 0.25) is 0 Å². The summed E-state index contributed by atoms with van der Waals surface area (Å²) in [6, 6.07) is 22.2. The average Bonchev–Trinajstić information content (AvgIpc) is 2.88. The molecule has 0 unspecified atom stereocenters. The van der Waals surface area contributed by atoms with Crippen LogP contribution in [0.2, 0.25) is 0 Å². The van der Waals surface area contributed by atoms with Crippen molar-refractivity contribution in [2.75, 3.05) is 37.3 Å². The Kier molecular flexibility index (Phi) is 8.20. The van der Waals surface area contributed by atoms with Crippen LogP contribution >= 0.6 is 23.5 Å². The normalized spacial score (nSPS) is 14.1. The monoisotopic (exact) mass is 514 g/mol. The quantitative estimate of drug-likeness (QED) is 0.428. The molecular weight excluding hydrogens is 488 g/mol. The van der Waals surface area contributed by atoms with Crippen LogP contribution in [0.5, 0.6) is 0 Å². The number of ether oxygens (including phenoxy) is 1. The Labute approximate surface area is 209 Å². The fourth-order valence-corrected chi connectivity index (χ4v) is 6.05. The van der Waals surface area contributed by atoms with Crippen molar-refractivity contribution in [3.8, 4) is 0 Å². The number of thioether (sulfide) groups is 2. The molecule has 0 aromatic heterocycles. The minimum Gasteiger partial charge on any atom is -0.378 e. The number of nitrogens with zero attached hydrogens (tertiary/aromatic N) is 1. The number of sulfonamides is 1. The maximum absolute atomic E-state index is 13.1. The summed E-state index contributed by atoms with van der Waals surface area (Å²) >= 11 is 3.14. The van der Waals surface area contributed by atoms with Crippen molar-refractivity contribution in [3.05, 3.63) is 83.9 Å². The van der Waals surface area contributed by atoms with Crippen LogP contribution in [0.3, 0.4) is 0 Å². The summed E-state index contributed by atoms with van der Waals surface area (Å²) in [6.07, 6.45) is 1.87. The molecule has 1 heterocycles. The first kappa shape index (κ1) is 24.7. The first-order chi connectivity index (χ1) is 16.5. The van der Waals surface area contributed by atoms with Crippen LogP contribution in [-0.4, -0.2) is 51.8 Å². The van der Waals surface area contributed by atoms with Gasteiger partial charge in [0.05, 0.1) is 23.7 Å². The van der Waals surface area contributed by atoms with Crippen molar-refractivity contribution in [1.82, 2.24) is 4.90 Å². The van der Waals surface area contributed by atoms with Crippen LogP contribution in [0.4, 0.5) is 5.69 Å². The predicted octanol–water partition coefficient (Wildman–Crippen LogP) is 4.97. The maximum atomic E-state index is 13.1. The molecule has 1 saturated heterocycles. The molecule has 6 nitrogen and oxygen atoms in total. The molecule has 34 heavy (non-hydrogen) atoms. The van der Waals surface area contributed by atoms with Crippen molar-refractivity contribution >= 4 is 45.1 Å². The van der Waals surface area contributed by atoms with E-state index >= 15 is 0 Å². The number of hydrogen-bond acceptors (Lipinski definition) is 6. The Morgan fingerprint density at radius 3 is 2.38 bits per heavy atom. The first-order valence-corrected chi connectivity index (χ1v) is 14.5. The molecule has 3 aromatic rings. The number of morpholine rings is 1. The molecule has 1 amide bonds. The van der Waals surface area contributed by atoms with E-state index in [1.54, 1.807) is 34.9 Å². The molecule has 9 heteroatoms. The Morgan fingerprint density at radius 2 is 1.71 bits per heavy atom. The summed E-state index contributed by atoms with van der Waals surface area (Å²) in [5.74, 6) is 0.616. The highest BCUT2D eigenvalue weighted by Crippen LogP contribution is 2.27. The minimum atomic E-state index is -3.85.